The third-order valence-electron chi connectivity index (χ3n) is 3.65. The van der Waals surface area contributed by atoms with E-state index in [1.165, 1.54) is 0 Å². The van der Waals surface area contributed by atoms with Gasteiger partial charge in [-0.3, -0.25) is 0 Å². The zero-order valence-electron chi connectivity index (χ0n) is 13.0. The van der Waals surface area contributed by atoms with Gasteiger partial charge in [0.25, 0.3) is 0 Å². The van der Waals surface area contributed by atoms with Crippen molar-refractivity contribution in [1.82, 2.24) is 9.97 Å². The first-order chi connectivity index (χ1) is 9.99. The maximum atomic E-state index is 6.06. The molecule has 3 N–H and O–H groups in total. The second-order valence-electron chi connectivity index (χ2n) is 6.10. The lowest BCUT2D eigenvalue weighted by atomic mass is 9.94. The van der Waals surface area contributed by atoms with Crippen molar-refractivity contribution in [2.24, 2.45) is 17.6 Å². The van der Waals surface area contributed by atoms with Crippen molar-refractivity contribution in [1.29, 1.82) is 0 Å². The molecule has 1 atom stereocenters. The van der Waals surface area contributed by atoms with Crippen LogP contribution in [0.15, 0.2) is 24.3 Å². The normalized spacial score (nSPS) is 12.9. The quantitative estimate of drug-likeness (QED) is 0.840. The Labute approximate surface area is 131 Å². The summed E-state index contributed by atoms with van der Waals surface area (Å²) >= 11 is 6.06. The van der Waals surface area contributed by atoms with E-state index in [1.807, 2.05) is 31.2 Å². The third kappa shape index (κ3) is 4.32. The average molecular weight is 306 g/mol. The molecule has 3 nitrogen and oxygen atoms in total. The van der Waals surface area contributed by atoms with Gasteiger partial charge in [-0.2, -0.15) is 0 Å². The number of nitrogens with zero attached hydrogens (tertiary/aromatic N) is 1. The number of halogens is 1. The lowest BCUT2D eigenvalue weighted by Gasteiger charge is -2.15. The van der Waals surface area contributed by atoms with Gasteiger partial charge in [0.1, 0.15) is 5.82 Å². The molecule has 21 heavy (non-hydrogen) atoms. The summed E-state index contributed by atoms with van der Waals surface area (Å²) in [4.78, 5) is 8.14. The number of H-pyrrole nitrogens is 1. The lowest BCUT2D eigenvalue weighted by Crippen LogP contribution is -2.19. The molecule has 0 spiro atoms. The summed E-state index contributed by atoms with van der Waals surface area (Å²) in [5.74, 6) is 2.14. The highest BCUT2D eigenvalue weighted by molar-refractivity contribution is 6.30. The molecule has 0 bridgehead atoms. The van der Waals surface area contributed by atoms with Gasteiger partial charge in [0.15, 0.2) is 0 Å². The molecule has 1 aromatic carbocycles. The molecule has 2 rings (SSSR count). The molecular formula is C17H24ClN3. The van der Waals surface area contributed by atoms with E-state index in [1.54, 1.807) is 0 Å². The number of hydrogen-bond donors (Lipinski definition) is 2. The van der Waals surface area contributed by atoms with Crippen LogP contribution < -0.4 is 5.73 Å². The molecule has 2 aromatic rings. The van der Waals surface area contributed by atoms with Crippen molar-refractivity contribution >= 4 is 11.6 Å². The lowest BCUT2D eigenvalue weighted by molar-refractivity contribution is 0.409. The summed E-state index contributed by atoms with van der Waals surface area (Å²) in [6.07, 6.45) is 2.03. The van der Waals surface area contributed by atoms with Crippen LogP contribution in [0.25, 0.3) is 11.3 Å². The van der Waals surface area contributed by atoms with Crippen LogP contribution in [0.5, 0.6) is 0 Å². The molecule has 4 heteroatoms. The van der Waals surface area contributed by atoms with Crippen molar-refractivity contribution in [3.63, 3.8) is 0 Å². The molecule has 1 heterocycles. The van der Waals surface area contributed by atoms with E-state index in [0.717, 1.165) is 40.6 Å². The van der Waals surface area contributed by atoms with E-state index in [-0.39, 0.29) is 0 Å². The molecule has 0 saturated heterocycles. The summed E-state index contributed by atoms with van der Waals surface area (Å²) in [6.45, 7) is 7.21. The first kappa shape index (κ1) is 16.1. The number of hydrogen-bond acceptors (Lipinski definition) is 2. The summed E-state index contributed by atoms with van der Waals surface area (Å²) in [5.41, 5.74) is 8.99. The van der Waals surface area contributed by atoms with Gasteiger partial charge in [0.05, 0.1) is 5.69 Å². The minimum Gasteiger partial charge on any atom is -0.346 e. The van der Waals surface area contributed by atoms with Crippen LogP contribution in [0, 0.1) is 18.8 Å². The Hall–Kier alpha value is -1.32. The Morgan fingerprint density at radius 1 is 1.33 bits per heavy atom. The Morgan fingerprint density at radius 2 is 2.10 bits per heavy atom. The molecule has 1 unspecified atom stereocenters. The Balaban J connectivity index is 2.19. The summed E-state index contributed by atoms with van der Waals surface area (Å²) < 4.78 is 0. The Kier molecular flexibility index (Phi) is 5.43. The smallest absolute Gasteiger partial charge is 0.107 e. The predicted molar refractivity (Wildman–Crippen MR) is 89.5 cm³/mol. The average Bonchev–Trinajstić information content (AvgIpc) is 2.78. The highest BCUT2D eigenvalue weighted by Gasteiger charge is 2.15. The van der Waals surface area contributed by atoms with Crippen LogP contribution in [0.2, 0.25) is 5.02 Å². The van der Waals surface area contributed by atoms with Crippen LogP contribution in [-0.4, -0.2) is 16.5 Å². The highest BCUT2D eigenvalue weighted by Crippen LogP contribution is 2.25. The molecular weight excluding hydrogens is 282 g/mol. The fourth-order valence-electron chi connectivity index (χ4n) is 2.74. The van der Waals surface area contributed by atoms with Gasteiger partial charge < -0.3 is 10.7 Å². The van der Waals surface area contributed by atoms with E-state index in [2.05, 4.69) is 18.8 Å². The predicted octanol–water partition coefficient (Wildman–Crippen LogP) is 4.20. The number of aromatic amines is 1. The van der Waals surface area contributed by atoms with E-state index in [4.69, 9.17) is 22.3 Å². The van der Waals surface area contributed by atoms with Crippen molar-refractivity contribution in [2.75, 3.05) is 6.54 Å². The summed E-state index contributed by atoms with van der Waals surface area (Å²) in [6, 6.07) is 7.81. The van der Waals surface area contributed by atoms with Crippen LogP contribution >= 0.6 is 11.6 Å². The third-order valence-corrected chi connectivity index (χ3v) is 3.89. The monoisotopic (exact) mass is 305 g/mol. The highest BCUT2D eigenvalue weighted by atomic mass is 35.5. The topological polar surface area (TPSA) is 54.7 Å². The molecule has 1 aromatic heterocycles. The Bertz CT molecular complexity index is 589. The Morgan fingerprint density at radius 3 is 2.71 bits per heavy atom. The molecule has 0 saturated carbocycles. The van der Waals surface area contributed by atoms with E-state index >= 15 is 0 Å². The van der Waals surface area contributed by atoms with Gasteiger partial charge in [-0.15, -0.1) is 0 Å². The first-order valence-electron chi connectivity index (χ1n) is 7.51. The number of imidazole rings is 1. The van der Waals surface area contributed by atoms with Gasteiger partial charge in [-0.05, 0) is 43.9 Å². The standard InChI is InChI=1S/C17H24ClN3/c1-11(2)7-13(10-19)8-16-20-12(3)17(21-16)14-5-4-6-15(18)9-14/h4-6,9,11,13H,7-8,10,19H2,1-3H3,(H,20,21). The number of aryl methyl sites for hydroxylation is 1. The number of nitrogens with two attached hydrogens (primary N) is 1. The van der Waals surface area contributed by atoms with E-state index in [9.17, 15) is 0 Å². The SMILES string of the molecule is Cc1[nH]c(CC(CN)CC(C)C)nc1-c1cccc(Cl)c1. The van der Waals surface area contributed by atoms with Crippen LogP contribution in [0.3, 0.4) is 0 Å². The minimum absolute atomic E-state index is 0.475. The zero-order chi connectivity index (χ0) is 15.4. The van der Waals surface area contributed by atoms with E-state index < -0.39 is 0 Å². The zero-order valence-corrected chi connectivity index (χ0v) is 13.7. The van der Waals surface area contributed by atoms with Crippen molar-refractivity contribution < 1.29 is 0 Å². The van der Waals surface area contributed by atoms with E-state index in [0.29, 0.717) is 18.4 Å². The number of aromatic nitrogens is 2. The minimum atomic E-state index is 0.475. The molecule has 114 valence electrons. The van der Waals surface area contributed by atoms with Crippen LogP contribution in [0.1, 0.15) is 31.8 Å². The van der Waals surface area contributed by atoms with Crippen LogP contribution in [-0.2, 0) is 6.42 Å². The van der Waals surface area contributed by atoms with Gasteiger partial charge in [-0.1, -0.05) is 37.6 Å². The maximum absolute atomic E-state index is 6.06. The van der Waals surface area contributed by atoms with Gasteiger partial charge in [0.2, 0.25) is 0 Å². The molecule has 0 aliphatic carbocycles. The fraction of sp³-hybridized carbons (Fsp3) is 0.471. The number of nitrogens with one attached hydrogen (secondary N) is 1. The molecule has 0 amide bonds. The van der Waals surface area contributed by atoms with Crippen molar-refractivity contribution in [3.05, 3.63) is 40.8 Å². The fourth-order valence-corrected chi connectivity index (χ4v) is 2.93. The van der Waals surface area contributed by atoms with Crippen molar-refractivity contribution in [3.8, 4) is 11.3 Å². The first-order valence-corrected chi connectivity index (χ1v) is 7.89. The maximum Gasteiger partial charge on any atom is 0.107 e. The molecule has 0 fully saturated rings. The van der Waals surface area contributed by atoms with Gasteiger partial charge >= 0.3 is 0 Å². The molecule has 0 radical (unpaired) electrons. The second kappa shape index (κ2) is 7.10. The number of benzene rings is 1. The largest absolute Gasteiger partial charge is 0.346 e. The molecule has 0 aliphatic heterocycles. The second-order valence-corrected chi connectivity index (χ2v) is 6.54. The van der Waals surface area contributed by atoms with Gasteiger partial charge in [-0.25, -0.2) is 4.98 Å². The van der Waals surface area contributed by atoms with Gasteiger partial charge in [0, 0.05) is 22.7 Å². The molecule has 0 aliphatic rings. The summed E-state index contributed by atoms with van der Waals surface area (Å²) in [7, 11) is 0. The number of rotatable bonds is 6. The summed E-state index contributed by atoms with van der Waals surface area (Å²) in [5, 5.41) is 0.732. The van der Waals surface area contributed by atoms with Crippen molar-refractivity contribution in [2.45, 2.75) is 33.6 Å². The van der Waals surface area contributed by atoms with Crippen LogP contribution in [0.4, 0.5) is 0 Å².